The number of likely N-dealkylation sites (N-methyl/N-ethyl adjacent to an activating group) is 1. The van der Waals surface area contributed by atoms with Crippen molar-refractivity contribution in [3.63, 3.8) is 0 Å². The van der Waals surface area contributed by atoms with Crippen LogP contribution in [0.2, 0.25) is 0 Å². The Balaban J connectivity index is 1.57. The highest BCUT2D eigenvalue weighted by Crippen LogP contribution is 2.33. The van der Waals surface area contributed by atoms with Gasteiger partial charge < -0.3 is 19.7 Å². The maximum Gasteiger partial charge on any atom is 0.242 e. The summed E-state index contributed by atoms with van der Waals surface area (Å²) in [7, 11) is 1.61. The minimum absolute atomic E-state index is 0.0660. The van der Waals surface area contributed by atoms with Crippen molar-refractivity contribution >= 4 is 11.8 Å². The second-order valence-electron chi connectivity index (χ2n) is 8.52. The third-order valence-corrected chi connectivity index (χ3v) is 6.02. The van der Waals surface area contributed by atoms with Gasteiger partial charge in [0.25, 0.3) is 0 Å². The van der Waals surface area contributed by atoms with Crippen LogP contribution in [-0.2, 0) is 29.0 Å². The SMILES string of the molecule is CNC(=O)C(Cc1ccccc1)N(Cc1cccc(C)c1)C(=O)CCc1ccc2c(c1)OCO2. The summed E-state index contributed by atoms with van der Waals surface area (Å²) in [6.07, 6.45) is 1.28. The highest BCUT2D eigenvalue weighted by molar-refractivity contribution is 5.88. The molecule has 4 rings (SSSR count). The van der Waals surface area contributed by atoms with Crippen molar-refractivity contribution in [2.24, 2.45) is 0 Å². The van der Waals surface area contributed by atoms with E-state index in [-0.39, 0.29) is 25.0 Å². The first-order chi connectivity index (χ1) is 16.5. The van der Waals surface area contributed by atoms with Crippen molar-refractivity contribution in [3.8, 4) is 11.5 Å². The fourth-order valence-corrected chi connectivity index (χ4v) is 4.22. The summed E-state index contributed by atoms with van der Waals surface area (Å²) in [5, 5.41) is 2.76. The van der Waals surface area contributed by atoms with Gasteiger partial charge in [0.1, 0.15) is 6.04 Å². The molecule has 0 bridgehead atoms. The summed E-state index contributed by atoms with van der Waals surface area (Å²) in [5.41, 5.74) is 4.12. The fraction of sp³-hybridized carbons (Fsp3) is 0.286. The van der Waals surface area contributed by atoms with Gasteiger partial charge in [0, 0.05) is 26.4 Å². The molecule has 1 heterocycles. The van der Waals surface area contributed by atoms with Gasteiger partial charge in [0.2, 0.25) is 18.6 Å². The second kappa shape index (κ2) is 10.9. The van der Waals surface area contributed by atoms with Gasteiger partial charge in [-0.25, -0.2) is 0 Å². The molecule has 176 valence electrons. The smallest absolute Gasteiger partial charge is 0.242 e. The molecule has 1 N–H and O–H groups in total. The standard InChI is InChI=1S/C28H30N2O4/c1-20-7-6-10-23(15-20)18-30(24(28(32)29-2)16-21-8-4-3-5-9-21)27(31)14-12-22-11-13-25-26(17-22)34-19-33-25/h3-11,13,15,17,24H,12,14,16,18-19H2,1-2H3,(H,29,32). The van der Waals surface area contributed by atoms with Gasteiger partial charge in [0.05, 0.1) is 0 Å². The molecule has 0 saturated carbocycles. The topological polar surface area (TPSA) is 67.9 Å². The van der Waals surface area contributed by atoms with Crippen LogP contribution in [0.25, 0.3) is 0 Å². The van der Waals surface area contributed by atoms with Gasteiger partial charge in [-0.1, -0.05) is 66.2 Å². The quantitative estimate of drug-likeness (QED) is 0.526. The van der Waals surface area contributed by atoms with Crippen molar-refractivity contribution in [2.45, 2.75) is 38.8 Å². The van der Waals surface area contributed by atoms with Gasteiger partial charge in [-0.3, -0.25) is 9.59 Å². The molecule has 6 heteroatoms. The predicted octanol–water partition coefficient (Wildman–Crippen LogP) is 4.04. The van der Waals surface area contributed by atoms with Crippen LogP contribution in [0, 0.1) is 6.92 Å². The van der Waals surface area contributed by atoms with E-state index in [4.69, 9.17) is 9.47 Å². The summed E-state index contributed by atoms with van der Waals surface area (Å²) >= 11 is 0. The Morgan fingerprint density at radius 2 is 1.68 bits per heavy atom. The summed E-state index contributed by atoms with van der Waals surface area (Å²) in [5.74, 6) is 1.18. The molecule has 34 heavy (non-hydrogen) atoms. The van der Waals surface area contributed by atoms with Crippen molar-refractivity contribution in [1.29, 1.82) is 0 Å². The zero-order valence-corrected chi connectivity index (χ0v) is 19.6. The third kappa shape index (κ3) is 5.76. The lowest BCUT2D eigenvalue weighted by Gasteiger charge is -2.31. The summed E-state index contributed by atoms with van der Waals surface area (Å²) in [4.78, 5) is 28.3. The van der Waals surface area contributed by atoms with Crippen LogP contribution in [0.15, 0.2) is 72.8 Å². The molecule has 1 unspecified atom stereocenters. The molecule has 0 spiro atoms. The fourth-order valence-electron chi connectivity index (χ4n) is 4.22. The molecule has 2 amide bonds. The molecule has 3 aromatic rings. The van der Waals surface area contributed by atoms with E-state index in [9.17, 15) is 9.59 Å². The average molecular weight is 459 g/mol. The highest BCUT2D eigenvalue weighted by atomic mass is 16.7. The van der Waals surface area contributed by atoms with Gasteiger partial charge >= 0.3 is 0 Å². The number of ether oxygens (including phenoxy) is 2. The van der Waals surface area contributed by atoms with Gasteiger partial charge in [-0.05, 0) is 42.2 Å². The van der Waals surface area contributed by atoms with Gasteiger partial charge in [-0.2, -0.15) is 0 Å². The zero-order valence-electron chi connectivity index (χ0n) is 19.6. The van der Waals surface area contributed by atoms with Crippen LogP contribution in [0.1, 0.15) is 28.7 Å². The minimum atomic E-state index is -0.614. The number of nitrogens with one attached hydrogen (secondary N) is 1. The molecule has 0 saturated heterocycles. The number of rotatable bonds is 9. The van der Waals surface area contributed by atoms with Gasteiger partial charge in [0.15, 0.2) is 11.5 Å². The first-order valence-electron chi connectivity index (χ1n) is 11.5. The van der Waals surface area contributed by atoms with E-state index in [2.05, 4.69) is 11.4 Å². The van der Waals surface area contributed by atoms with Crippen molar-refractivity contribution in [3.05, 3.63) is 95.1 Å². The third-order valence-electron chi connectivity index (χ3n) is 6.02. The number of carbonyl (C=O) groups excluding carboxylic acids is 2. The average Bonchev–Trinajstić information content (AvgIpc) is 3.33. The van der Waals surface area contributed by atoms with E-state index in [0.717, 1.165) is 28.0 Å². The molecule has 6 nitrogen and oxygen atoms in total. The lowest BCUT2D eigenvalue weighted by Crippen LogP contribution is -2.49. The Kier molecular flexibility index (Phi) is 7.48. The molecule has 0 aromatic heterocycles. The van der Waals surface area contributed by atoms with E-state index in [1.807, 2.05) is 73.7 Å². The number of amides is 2. The molecule has 3 aromatic carbocycles. The van der Waals surface area contributed by atoms with E-state index in [1.54, 1.807) is 11.9 Å². The molecule has 1 aliphatic rings. The first kappa shape index (κ1) is 23.4. The number of hydrogen-bond donors (Lipinski definition) is 1. The molecule has 1 aliphatic heterocycles. The van der Waals surface area contributed by atoms with Crippen LogP contribution in [-0.4, -0.2) is 36.6 Å². The molecule has 0 aliphatic carbocycles. The van der Waals surface area contributed by atoms with Crippen molar-refractivity contribution < 1.29 is 19.1 Å². The minimum Gasteiger partial charge on any atom is -0.454 e. The number of aryl methyl sites for hydroxylation is 2. The van der Waals surface area contributed by atoms with E-state index < -0.39 is 6.04 Å². The maximum atomic E-state index is 13.6. The van der Waals surface area contributed by atoms with Crippen LogP contribution in [0.3, 0.4) is 0 Å². The predicted molar refractivity (Wildman–Crippen MR) is 131 cm³/mol. The summed E-state index contributed by atoms with van der Waals surface area (Å²) < 4.78 is 10.8. The Labute approximate surface area is 200 Å². The number of hydrogen-bond acceptors (Lipinski definition) is 4. The van der Waals surface area contributed by atoms with Crippen LogP contribution < -0.4 is 14.8 Å². The number of nitrogens with zero attached hydrogens (tertiary/aromatic N) is 1. The Morgan fingerprint density at radius 1 is 0.912 bits per heavy atom. The molecular formula is C28H30N2O4. The normalized spacial score (nSPS) is 12.8. The van der Waals surface area contributed by atoms with E-state index in [1.165, 1.54) is 0 Å². The Morgan fingerprint density at radius 3 is 2.44 bits per heavy atom. The van der Waals surface area contributed by atoms with Crippen LogP contribution >= 0.6 is 0 Å². The second-order valence-corrected chi connectivity index (χ2v) is 8.52. The van der Waals surface area contributed by atoms with Crippen molar-refractivity contribution in [2.75, 3.05) is 13.8 Å². The molecule has 0 radical (unpaired) electrons. The zero-order chi connectivity index (χ0) is 23.9. The lowest BCUT2D eigenvalue weighted by molar-refractivity contribution is -0.141. The van der Waals surface area contributed by atoms with Crippen LogP contribution in [0.4, 0.5) is 0 Å². The number of benzene rings is 3. The highest BCUT2D eigenvalue weighted by Gasteiger charge is 2.29. The number of carbonyl (C=O) groups is 2. The monoisotopic (exact) mass is 458 g/mol. The number of fused-ring (bicyclic) bond motifs is 1. The molecule has 0 fully saturated rings. The summed E-state index contributed by atoms with van der Waals surface area (Å²) in [6, 6.07) is 23.0. The maximum absolute atomic E-state index is 13.6. The largest absolute Gasteiger partial charge is 0.454 e. The lowest BCUT2D eigenvalue weighted by atomic mass is 10.0. The molecule has 1 atom stereocenters. The summed E-state index contributed by atoms with van der Waals surface area (Å²) in [6.45, 7) is 2.61. The van der Waals surface area contributed by atoms with Crippen molar-refractivity contribution in [1.82, 2.24) is 10.2 Å². The van der Waals surface area contributed by atoms with E-state index >= 15 is 0 Å². The Hall–Kier alpha value is -3.80. The Bertz CT molecular complexity index is 1150. The van der Waals surface area contributed by atoms with E-state index in [0.29, 0.717) is 25.1 Å². The molecular weight excluding hydrogens is 428 g/mol. The first-order valence-corrected chi connectivity index (χ1v) is 11.5. The van der Waals surface area contributed by atoms with Crippen LogP contribution in [0.5, 0.6) is 11.5 Å². The van der Waals surface area contributed by atoms with Gasteiger partial charge in [-0.15, -0.1) is 0 Å².